The molecule has 1 aliphatic carbocycles. The molecule has 1 aromatic rings. The summed E-state index contributed by atoms with van der Waals surface area (Å²) in [6.45, 7) is 7.04. The standard InChI is InChI=1S/C24H38N6O4/c1-16(2)9-12-30-18-7-8-20-19(13-18)23(26-28(20)5)24(34)27(4)14-21(32)25-10-6-11-29(17(3)31)15-22(30)33/h16,18H,6-15H2,1-5H3,(H,25,32). The van der Waals surface area contributed by atoms with Crippen LogP contribution in [0, 0.1) is 5.92 Å². The van der Waals surface area contributed by atoms with Gasteiger partial charge in [0.05, 0.1) is 13.1 Å². The number of aryl methyl sites for hydroxylation is 1. The van der Waals surface area contributed by atoms with E-state index in [1.54, 1.807) is 16.6 Å². The number of nitrogens with one attached hydrogen (secondary N) is 1. The molecular weight excluding hydrogens is 436 g/mol. The zero-order valence-corrected chi connectivity index (χ0v) is 21.1. The maximum Gasteiger partial charge on any atom is 0.274 e. The van der Waals surface area contributed by atoms with Gasteiger partial charge < -0.3 is 20.0 Å². The van der Waals surface area contributed by atoms with E-state index in [2.05, 4.69) is 24.3 Å². The van der Waals surface area contributed by atoms with Gasteiger partial charge in [-0.3, -0.25) is 23.9 Å². The Bertz CT molecular complexity index is 940. The van der Waals surface area contributed by atoms with Gasteiger partial charge in [0.25, 0.3) is 5.91 Å². The molecule has 1 N–H and O–H groups in total. The average Bonchev–Trinajstić information content (AvgIpc) is 3.10. The maximum atomic E-state index is 13.5. The monoisotopic (exact) mass is 474 g/mol. The highest BCUT2D eigenvalue weighted by Crippen LogP contribution is 2.28. The molecule has 4 amide bonds. The molecule has 10 nitrogen and oxygen atoms in total. The number of carbonyl (C=O) groups excluding carboxylic acids is 4. The number of hydrogen-bond acceptors (Lipinski definition) is 5. The van der Waals surface area contributed by atoms with Crippen LogP contribution in [0.3, 0.4) is 0 Å². The summed E-state index contributed by atoms with van der Waals surface area (Å²) < 4.78 is 1.75. The van der Waals surface area contributed by atoms with E-state index in [0.29, 0.717) is 50.5 Å². The van der Waals surface area contributed by atoms with Crippen molar-refractivity contribution >= 4 is 23.6 Å². The van der Waals surface area contributed by atoms with Crippen LogP contribution < -0.4 is 5.32 Å². The van der Waals surface area contributed by atoms with Crippen molar-refractivity contribution in [1.29, 1.82) is 0 Å². The lowest BCUT2D eigenvalue weighted by atomic mass is 9.89. The summed E-state index contributed by atoms with van der Waals surface area (Å²) in [6, 6.07) is -0.0650. The van der Waals surface area contributed by atoms with Gasteiger partial charge in [-0.05, 0) is 38.0 Å². The molecular formula is C24H38N6O4. The van der Waals surface area contributed by atoms with E-state index < -0.39 is 0 Å². The molecule has 0 aromatic carbocycles. The molecule has 0 fully saturated rings. The Hall–Kier alpha value is -2.91. The molecule has 0 spiro atoms. The van der Waals surface area contributed by atoms with Gasteiger partial charge in [0.15, 0.2) is 5.69 Å². The molecule has 188 valence electrons. The Morgan fingerprint density at radius 3 is 2.59 bits per heavy atom. The first-order valence-corrected chi connectivity index (χ1v) is 12.2. The SMILES string of the molecule is CC(=O)N1CCCNC(=O)CN(C)C(=O)c2nn(C)c3c2CC(CC3)N(CCC(C)C)C(=O)C1. The minimum absolute atomic E-state index is 0.0201. The third-order valence-corrected chi connectivity index (χ3v) is 6.77. The van der Waals surface area contributed by atoms with Crippen LogP contribution in [0.15, 0.2) is 0 Å². The van der Waals surface area contributed by atoms with Crippen molar-refractivity contribution < 1.29 is 19.2 Å². The van der Waals surface area contributed by atoms with E-state index in [4.69, 9.17) is 0 Å². The van der Waals surface area contributed by atoms with Crippen LogP contribution in [0.4, 0.5) is 0 Å². The fourth-order valence-electron chi connectivity index (χ4n) is 4.74. The fraction of sp³-hybridized carbons (Fsp3) is 0.708. The molecule has 2 aliphatic rings. The Morgan fingerprint density at radius 2 is 1.91 bits per heavy atom. The number of likely N-dealkylation sites (N-methyl/N-ethyl adjacent to an activating group) is 1. The minimum atomic E-state index is -0.289. The number of hydrogen-bond donors (Lipinski definition) is 1. The van der Waals surface area contributed by atoms with Crippen molar-refractivity contribution in [3.8, 4) is 0 Å². The molecule has 0 radical (unpaired) electrons. The number of amides is 4. The Balaban J connectivity index is 1.97. The minimum Gasteiger partial charge on any atom is -0.354 e. The number of rotatable bonds is 3. The lowest BCUT2D eigenvalue weighted by Gasteiger charge is -2.36. The van der Waals surface area contributed by atoms with E-state index in [1.165, 1.54) is 11.8 Å². The van der Waals surface area contributed by atoms with Crippen LogP contribution in [0.25, 0.3) is 0 Å². The van der Waals surface area contributed by atoms with Gasteiger partial charge in [0.1, 0.15) is 0 Å². The Labute approximate surface area is 201 Å². The molecule has 10 heteroatoms. The molecule has 1 atom stereocenters. The van der Waals surface area contributed by atoms with Gasteiger partial charge in [-0.1, -0.05) is 13.8 Å². The molecule has 0 saturated carbocycles. The van der Waals surface area contributed by atoms with E-state index in [0.717, 1.165) is 24.1 Å². The molecule has 1 aromatic heterocycles. The molecule has 0 saturated heterocycles. The summed E-state index contributed by atoms with van der Waals surface area (Å²) in [5, 5.41) is 7.29. The largest absolute Gasteiger partial charge is 0.354 e. The molecule has 2 bridgehead atoms. The first kappa shape index (κ1) is 25.7. The number of aromatic nitrogens is 2. The highest BCUT2D eigenvalue weighted by atomic mass is 16.2. The van der Waals surface area contributed by atoms with Crippen LogP contribution in [0.1, 0.15) is 61.8 Å². The van der Waals surface area contributed by atoms with E-state index in [1.807, 2.05) is 11.9 Å². The van der Waals surface area contributed by atoms with Gasteiger partial charge in [0, 0.05) is 58.0 Å². The second-order valence-electron chi connectivity index (χ2n) is 9.87. The maximum absolute atomic E-state index is 13.5. The second kappa shape index (κ2) is 11.0. The number of fused-ring (bicyclic) bond motifs is 1. The number of carbonyl (C=O) groups is 4. The average molecular weight is 475 g/mol. The van der Waals surface area contributed by atoms with Gasteiger partial charge in [-0.25, -0.2) is 0 Å². The van der Waals surface area contributed by atoms with Crippen LogP contribution in [-0.4, -0.2) is 93.9 Å². The third kappa shape index (κ3) is 5.95. The Kier molecular flexibility index (Phi) is 8.33. The van der Waals surface area contributed by atoms with Gasteiger partial charge in [0.2, 0.25) is 17.7 Å². The van der Waals surface area contributed by atoms with Crippen LogP contribution in [-0.2, 0) is 34.3 Å². The van der Waals surface area contributed by atoms with E-state index in [-0.39, 0.29) is 42.8 Å². The van der Waals surface area contributed by atoms with Crippen molar-refractivity contribution in [2.45, 2.75) is 58.9 Å². The van der Waals surface area contributed by atoms with Crippen LogP contribution >= 0.6 is 0 Å². The van der Waals surface area contributed by atoms with Gasteiger partial charge in [-0.15, -0.1) is 0 Å². The first-order chi connectivity index (χ1) is 16.1. The zero-order valence-electron chi connectivity index (χ0n) is 21.1. The molecule has 2 heterocycles. The van der Waals surface area contributed by atoms with Crippen molar-refractivity contribution in [2.24, 2.45) is 13.0 Å². The fourth-order valence-corrected chi connectivity index (χ4v) is 4.74. The van der Waals surface area contributed by atoms with Crippen molar-refractivity contribution in [3.05, 3.63) is 17.0 Å². The third-order valence-electron chi connectivity index (χ3n) is 6.77. The van der Waals surface area contributed by atoms with Crippen LogP contribution in [0.2, 0.25) is 0 Å². The second-order valence-corrected chi connectivity index (χ2v) is 9.87. The summed E-state index contributed by atoms with van der Waals surface area (Å²) in [5.74, 6) is -0.354. The summed E-state index contributed by atoms with van der Waals surface area (Å²) in [4.78, 5) is 56.1. The van der Waals surface area contributed by atoms with Gasteiger partial charge in [-0.2, -0.15) is 5.10 Å². The molecule has 3 rings (SSSR count). The van der Waals surface area contributed by atoms with Crippen molar-refractivity contribution in [3.63, 3.8) is 0 Å². The van der Waals surface area contributed by atoms with E-state index >= 15 is 0 Å². The Morgan fingerprint density at radius 1 is 1.18 bits per heavy atom. The summed E-state index contributed by atoms with van der Waals surface area (Å²) in [7, 11) is 3.43. The van der Waals surface area contributed by atoms with Crippen molar-refractivity contribution in [2.75, 3.05) is 39.8 Å². The first-order valence-electron chi connectivity index (χ1n) is 12.2. The highest BCUT2D eigenvalue weighted by molar-refractivity contribution is 5.96. The lowest BCUT2D eigenvalue weighted by molar-refractivity contribution is -0.141. The lowest BCUT2D eigenvalue weighted by Crippen LogP contribution is -2.50. The molecule has 1 aliphatic heterocycles. The predicted molar refractivity (Wildman–Crippen MR) is 127 cm³/mol. The summed E-state index contributed by atoms with van der Waals surface area (Å²) >= 11 is 0. The zero-order chi connectivity index (χ0) is 25.0. The predicted octanol–water partition coefficient (Wildman–Crippen LogP) is 0.593. The quantitative estimate of drug-likeness (QED) is 0.690. The van der Waals surface area contributed by atoms with Crippen LogP contribution in [0.5, 0.6) is 0 Å². The smallest absolute Gasteiger partial charge is 0.274 e. The molecule has 34 heavy (non-hydrogen) atoms. The highest BCUT2D eigenvalue weighted by Gasteiger charge is 2.34. The van der Waals surface area contributed by atoms with E-state index in [9.17, 15) is 19.2 Å². The van der Waals surface area contributed by atoms with Gasteiger partial charge >= 0.3 is 0 Å². The number of nitrogens with zero attached hydrogens (tertiary/aromatic N) is 5. The normalized spacial score (nSPS) is 20.7. The molecule has 1 unspecified atom stereocenters. The topological polar surface area (TPSA) is 108 Å². The summed E-state index contributed by atoms with van der Waals surface area (Å²) in [6.07, 6.45) is 3.42. The summed E-state index contributed by atoms with van der Waals surface area (Å²) in [5.41, 5.74) is 2.21. The van der Waals surface area contributed by atoms with Crippen molar-refractivity contribution in [1.82, 2.24) is 29.8 Å².